The summed E-state index contributed by atoms with van der Waals surface area (Å²) in [6, 6.07) is 7.53. The molecule has 0 aliphatic carbocycles. The third kappa shape index (κ3) is 5.82. The molecule has 0 spiro atoms. The quantitative estimate of drug-likeness (QED) is 0.846. The highest BCUT2D eigenvalue weighted by Gasteiger charge is 2.09. The average Bonchev–Trinajstić information content (AvgIpc) is 2.29. The largest absolute Gasteiger partial charge is 0.481 e. The molecule has 0 aliphatic heterocycles. The van der Waals surface area contributed by atoms with Crippen molar-refractivity contribution in [3.8, 4) is 0 Å². The van der Waals surface area contributed by atoms with Gasteiger partial charge in [0.25, 0.3) is 0 Å². The van der Waals surface area contributed by atoms with E-state index in [1.54, 1.807) is 6.92 Å². The van der Waals surface area contributed by atoms with Crippen LogP contribution in [0.4, 0.5) is 0 Å². The highest BCUT2D eigenvalue weighted by Crippen LogP contribution is 2.10. The van der Waals surface area contributed by atoms with Gasteiger partial charge in [-0.2, -0.15) is 0 Å². The molecule has 1 amide bonds. The molecular weight excluding hydrogens is 298 g/mol. The van der Waals surface area contributed by atoms with Crippen LogP contribution in [0.15, 0.2) is 28.7 Å². The van der Waals surface area contributed by atoms with Crippen molar-refractivity contribution < 1.29 is 14.7 Å². The molecule has 1 aromatic carbocycles. The van der Waals surface area contributed by atoms with Gasteiger partial charge in [-0.1, -0.05) is 35.0 Å². The fraction of sp³-hybridized carbons (Fsp3) is 0.385. The third-order valence-corrected chi connectivity index (χ3v) is 2.98. The van der Waals surface area contributed by atoms with E-state index in [4.69, 9.17) is 5.11 Å². The lowest BCUT2D eigenvalue weighted by Gasteiger charge is -2.10. The highest BCUT2D eigenvalue weighted by molar-refractivity contribution is 9.10. The molecule has 2 N–H and O–H groups in total. The van der Waals surface area contributed by atoms with E-state index in [-0.39, 0.29) is 18.2 Å². The second-order valence-electron chi connectivity index (χ2n) is 4.31. The van der Waals surface area contributed by atoms with E-state index in [0.717, 1.165) is 10.0 Å². The zero-order valence-corrected chi connectivity index (χ0v) is 11.7. The van der Waals surface area contributed by atoms with Crippen molar-refractivity contribution >= 4 is 27.8 Å². The molecule has 5 heteroatoms. The van der Waals surface area contributed by atoms with Crippen LogP contribution in [0, 0.1) is 5.92 Å². The number of carbonyl (C=O) groups is 2. The standard InChI is InChI=1S/C13H16BrNO3/c1-9(6-13(17)18)8-15-12(16)7-10-2-4-11(14)5-3-10/h2-5,9H,6-8H2,1H3,(H,15,16)(H,17,18). The molecule has 98 valence electrons. The summed E-state index contributed by atoms with van der Waals surface area (Å²) in [5.41, 5.74) is 0.932. The van der Waals surface area contributed by atoms with Crippen LogP contribution in [0.2, 0.25) is 0 Å². The summed E-state index contributed by atoms with van der Waals surface area (Å²) in [4.78, 5) is 22.1. The number of benzene rings is 1. The molecule has 18 heavy (non-hydrogen) atoms. The average molecular weight is 314 g/mol. The first-order valence-corrected chi connectivity index (χ1v) is 6.49. The van der Waals surface area contributed by atoms with Gasteiger partial charge in [0.15, 0.2) is 0 Å². The molecule has 1 rings (SSSR count). The number of nitrogens with one attached hydrogen (secondary N) is 1. The fourth-order valence-corrected chi connectivity index (χ4v) is 1.77. The van der Waals surface area contributed by atoms with Gasteiger partial charge >= 0.3 is 5.97 Å². The Morgan fingerprint density at radius 1 is 1.33 bits per heavy atom. The van der Waals surface area contributed by atoms with E-state index in [0.29, 0.717) is 13.0 Å². The third-order valence-electron chi connectivity index (χ3n) is 2.45. The lowest BCUT2D eigenvalue weighted by atomic mass is 10.1. The number of hydrogen-bond donors (Lipinski definition) is 2. The summed E-state index contributed by atoms with van der Waals surface area (Å²) in [7, 11) is 0. The maximum absolute atomic E-state index is 11.6. The molecule has 0 aliphatic rings. The highest BCUT2D eigenvalue weighted by atomic mass is 79.9. The van der Waals surface area contributed by atoms with Crippen LogP contribution in [-0.2, 0) is 16.0 Å². The van der Waals surface area contributed by atoms with Crippen LogP contribution in [0.1, 0.15) is 18.9 Å². The smallest absolute Gasteiger partial charge is 0.303 e. The van der Waals surface area contributed by atoms with Crippen molar-refractivity contribution in [1.82, 2.24) is 5.32 Å². The van der Waals surface area contributed by atoms with Gasteiger partial charge in [0.1, 0.15) is 0 Å². The van der Waals surface area contributed by atoms with Gasteiger partial charge in [0, 0.05) is 17.4 Å². The number of amides is 1. The molecule has 0 saturated carbocycles. The van der Waals surface area contributed by atoms with Crippen LogP contribution < -0.4 is 5.32 Å². The number of aliphatic carboxylic acids is 1. The molecule has 0 saturated heterocycles. The predicted octanol–water partition coefficient (Wildman–Crippen LogP) is 2.22. The summed E-state index contributed by atoms with van der Waals surface area (Å²) in [6.45, 7) is 2.19. The first-order valence-electron chi connectivity index (χ1n) is 5.70. The fourth-order valence-electron chi connectivity index (χ4n) is 1.51. The second kappa shape index (κ2) is 7.16. The Bertz CT molecular complexity index is 417. The molecule has 0 radical (unpaired) electrons. The van der Waals surface area contributed by atoms with Crippen molar-refractivity contribution in [2.24, 2.45) is 5.92 Å². The Labute approximate surface area is 115 Å². The van der Waals surface area contributed by atoms with Crippen LogP contribution in [-0.4, -0.2) is 23.5 Å². The Kier molecular flexibility index (Phi) is 5.85. The lowest BCUT2D eigenvalue weighted by Crippen LogP contribution is -2.30. The predicted molar refractivity (Wildman–Crippen MR) is 72.3 cm³/mol. The molecule has 0 fully saturated rings. The monoisotopic (exact) mass is 313 g/mol. The van der Waals surface area contributed by atoms with E-state index < -0.39 is 5.97 Å². The van der Waals surface area contributed by atoms with Gasteiger partial charge in [0.05, 0.1) is 6.42 Å². The van der Waals surface area contributed by atoms with E-state index >= 15 is 0 Å². The minimum absolute atomic E-state index is 0.0589. The maximum Gasteiger partial charge on any atom is 0.303 e. The molecule has 4 nitrogen and oxygen atoms in total. The molecule has 1 atom stereocenters. The van der Waals surface area contributed by atoms with Crippen molar-refractivity contribution in [2.75, 3.05) is 6.54 Å². The van der Waals surface area contributed by atoms with Gasteiger partial charge in [0.2, 0.25) is 5.91 Å². The van der Waals surface area contributed by atoms with E-state index in [1.807, 2.05) is 24.3 Å². The van der Waals surface area contributed by atoms with Gasteiger partial charge in [-0.05, 0) is 23.6 Å². The normalized spacial score (nSPS) is 11.9. The number of carboxylic acids is 1. The van der Waals surface area contributed by atoms with Gasteiger partial charge in [-0.3, -0.25) is 9.59 Å². The molecule has 1 aromatic rings. The van der Waals surface area contributed by atoms with Gasteiger partial charge < -0.3 is 10.4 Å². The van der Waals surface area contributed by atoms with E-state index in [9.17, 15) is 9.59 Å². The number of halogens is 1. The zero-order chi connectivity index (χ0) is 13.5. The van der Waals surface area contributed by atoms with Gasteiger partial charge in [-0.15, -0.1) is 0 Å². The van der Waals surface area contributed by atoms with Crippen molar-refractivity contribution in [2.45, 2.75) is 19.8 Å². The second-order valence-corrected chi connectivity index (χ2v) is 5.23. The number of hydrogen-bond acceptors (Lipinski definition) is 2. The Morgan fingerprint density at radius 3 is 2.50 bits per heavy atom. The first kappa shape index (κ1) is 14.7. The van der Waals surface area contributed by atoms with Crippen molar-refractivity contribution in [3.05, 3.63) is 34.3 Å². The summed E-state index contributed by atoms with van der Waals surface area (Å²) in [5, 5.41) is 11.3. The number of rotatable bonds is 6. The number of carbonyl (C=O) groups excluding carboxylic acids is 1. The van der Waals surface area contributed by atoms with E-state index in [1.165, 1.54) is 0 Å². The van der Waals surface area contributed by atoms with Crippen LogP contribution in [0.5, 0.6) is 0 Å². The van der Waals surface area contributed by atoms with E-state index in [2.05, 4.69) is 21.2 Å². The maximum atomic E-state index is 11.6. The topological polar surface area (TPSA) is 66.4 Å². The van der Waals surface area contributed by atoms with Crippen molar-refractivity contribution in [3.63, 3.8) is 0 Å². The SMILES string of the molecule is CC(CNC(=O)Cc1ccc(Br)cc1)CC(=O)O. The zero-order valence-electron chi connectivity index (χ0n) is 10.1. The minimum Gasteiger partial charge on any atom is -0.481 e. The number of carboxylic acid groups (broad SMARTS) is 1. The van der Waals surface area contributed by atoms with Crippen molar-refractivity contribution in [1.29, 1.82) is 0 Å². The summed E-state index contributed by atoms with van der Waals surface area (Å²) in [5.74, 6) is -0.990. The Morgan fingerprint density at radius 2 is 1.94 bits per heavy atom. The van der Waals surface area contributed by atoms with Crippen LogP contribution >= 0.6 is 15.9 Å². The molecule has 0 bridgehead atoms. The molecule has 0 heterocycles. The summed E-state index contributed by atoms with van der Waals surface area (Å²) >= 11 is 3.33. The summed E-state index contributed by atoms with van der Waals surface area (Å²) < 4.78 is 0.974. The Hall–Kier alpha value is -1.36. The molecule has 1 unspecified atom stereocenters. The molecule has 0 aromatic heterocycles. The van der Waals surface area contributed by atoms with Gasteiger partial charge in [-0.25, -0.2) is 0 Å². The minimum atomic E-state index is -0.843. The van der Waals surface area contributed by atoms with Crippen LogP contribution in [0.25, 0.3) is 0 Å². The van der Waals surface area contributed by atoms with Crippen LogP contribution in [0.3, 0.4) is 0 Å². The summed E-state index contributed by atoms with van der Waals surface area (Å²) in [6.07, 6.45) is 0.381. The Balaban J connectivity index is 2.33. The first-order chi connectivity index (χ1) is 8.47. The lowest BCUT2D eigenvalue weighted by molar-refractivity contribution is -0.138. The molecular formula is C13H16BrNO3.